The molecule has 5 atom stereocenters. The zero-order valence-corrected chi connectivity index (χ0v) is 18.6. The third kappa shape index (κ3) is 5.29. The number of hydrogen-bond acceptors (Lipinski definition) is 8. The fourth-order valence-electron chi connectivity index (χ4n) is 3.79. The van der Waals surface area contributed by atoms with Gasteiger partial charge in [0.1, 0.15) is 36.3 Å². The number of fused-ring (bicyclic) bond motifs is 1. The van der Waals surface area contributed by atoms with Crippen molar-refractivity contribution >= 4 is 17.2 Å². The van der Waals surface area contributed by atoms with Crippen LogP contribution in [0.4, 0.5) is 13.2 Å². The van der Waals surface area contributed by atoms with E-state index in [1.54, 1.807) is 0 Å². The third-order valence-electron chi connectivity index (χ3n) is 5.57. The first kappa shape index (κ1) is 25.4. The molecule has 1 aliphatic heterocycles. The van der Waals surface area contributed by atoms with Crippen LogP contribution >= 0.6 is 11.6 Å². The molecule has 0 spiro atoms. The first-order chi connectivity index (χ1) is 16.5. The minimum Gasteiger partial charge on any atom is -0.484 e. The fraction of sp³-hybridized carbons (Fsp3) is 0.429. The van der Waals surface area contributed by atoms with Gasteiger partial charge in [-0.25, -0.2) is 9.48 Å². The van der Waals surface area contributed by atoms with Crippen molar-refractivity contribution in [2.45, 2.75) is 43.2 Å². The predicted octanol–water partition coefficient (Wildman–Crippen LogP) is 0.654. The molecule has 10 nitrogen and oxygen atoms in total. The lowest BCUT2D eigenvalue weighted by molar-refractivity contribution is -0.231. The lowest BCUT2D eigenvalue weighted by Crippen LogP contribution is -2.55. The number of halogens is 4. The summed E-state index contributed by atoms with van der Waals surface area (Å²) in [6.45, 7) is -2.22. The summed E-state index contributed by atoms with van der Waals surface area (Å²) in [5.74, 6) is -0.116. The van der Waals surface area contributed by atoms with Crippen molar-refractivity contribution < 1.29 is 43.1 Å². The SMILES string of the molecule is O=c1n(Cc2cc([C@@H]3O[C@H](CO)[C@@H](O)[C@H](O)[C@H]3O)ccc2Cl)nc2cc(OCC(F)(F)F)ccn12. The highest BCUT2D eigenvalue weighted by Crippen LogP contribution is 2.34. The minimum atomic E-state index is -4.52. The zero-order chi connectivity index (χ0) is 25.5. The van der Waals surface area contributed by atoms with E-state index in [1.165, 1.54) is 36.5 Å². The van der Waals surface area contributed by atoms with Crippen molar-refractivity contribution in [1.82, 2.24) is 14.2 Å². The largest absolute Gasteiger partial charge is 0.484 e. The van der Waals surface area contributed by atoms with Gasteiger partial charge in [0.25, 0.3) is 0 Å². The topological polar surface area (TPSA) is 139 Å². The van der Waals surface area contributed by atoms with Crippen molar-refractivity contribution in [3.63, 3.8) is 0 Å². The summed E-state index contributed by atoms with van der Waals surface area (Å²) in [4.78, 5) is 12.7. The van der Waals surface area contributed by atoms with E-state index in [4.69, 9.17) is 16.3 Å². The van der Waals surface area contributed by atoms with E-state index < -0.39 is 55.6 Å². The average molecular weight is 520 g/mol. The molecule has 1 aliphatic rings. The number of pyridine rings is 1. The van der Waals surface area contributed by atoms with Crippen LogP contribution in [0.1, 0.15) is 17.2 Å². The van der Waals surface area contributed by atoms with Crippen molar-refractivity contribution in [1.29, 1.82) is 0 Å². The fourth-order valence-corrected chi connectivity index (χ4v) is 3.97. The van der Waals surface area contributed by atoms with Gasteiger partial charge in [-0.2, -0.15) is 13.2 Å². The van der Waals surface area contributed by atoms with E-state index in [0.29, 0.717) is 11.1 Å². The molecule has 0 saturated carbocycles. The number of alkyl halides is 3. The van der Waals surface area contributed by atoms with Crippen LogP contribution in [0.5, 0.6) is 5.75 Å². The van der Waals surface area contributed by atoms with Gasteiger partial charge in [-0.3, -0.25) is 4.40 Å². The Kier molecular flexibility index (Phi) is 7.09. The lowest BCUT2D eigenvalue weighted by atomic mass is 9.90. The highest BCUT2D eigenvalue weighted by Gasteiger charge is 2.44. The molecule has 1 saturated heterocycles. The predicted molar refractivity (Wildman–Crippen MR) is 114 cm³/mol. The number of nitrogens with zero attached hydrogens (tertiary/aromatic N) is 3. The number of aliphatic hydroxyl groups is 4. The van der Waals surface area contributed by atoms with Crippen molar-refractivity contribution in [3.8, 4) is 5.75 Å². The van der Waals surface area contributed by atoms with Gasteiger partial charge in [0.15, 0.2) is 12.3 Å². The van der Waals surface area contributed by atoms with Crippen LogP contribution in [0.15, 0.2) is 41.3 Å². The summed E-state index contributed by atoms with van der Waals surface area (Å²) < 4.78 is 49.6. The number of aliphatic hydroxyl groups excluding tert-OH is 4. The Labute approximate surface area is 200 Å². The first-order valence-corrected chi connectivity index (χ1v) is 10.7. The van der Waals surface area contributed by atoms with Gasteiger partial charge in [0, 0.05) is 17.3 Å². The van der Waals surface area contributed by atoms with Crippen LogP contribution in [0.3, 0.4) is 0 Å². The van der Waals surface area contributed by atoms with Gasteiger partial charge >= 0.3 is 11.9 Å². The van der Waals surface area contributed by atoms with Crippen LogP contribution < -0.4 is 10.4 Å². The Balaban J connectivity index is 1.61. The van der Waals surface area contributed by atoms with Gasteiger partial charge in [-0.05, 0) is 29.3 Å². The molecule has 190 valence electrons. The smallest absolute Gasteiger partial charge is 0.422 e. The average Bonchev–Trinajstić information content (AvgIpc) is 3.12. The minimum absolute atomic E-state index is 0.0517. The lowest BCUT2D eigenvalue weighted by Gasteiger charge is -2.40. The molecular weight excluding hydrogens is 499 g/mol. The summed E-state index contributed by atoms with van der Waals surface area (Å²) in [6.07, 6.45) is -10.1. The molecule has 14 heteroatoms. The van der Waals surface area contributed by atoms with E-state index in [0.717, 1.165) is 9.08 Å². The van der Waals surface area contributed by atoms with Gasteiger partial charge in [0.05, 0.1) is 13.2 Å². The molecule has 1 aromatic carbocycles. The summed E-state index contributed by atoms with van der Waals surface area (Å²) in [6, 6.07) is 6.92. The summed E-state index contributed by atoms with van der Waals surface area (Å²) in [5, 5.41) is 44.2. The van der Waals surface area contributed by atoms with Gasteiger partial charge in [-0.1, -0.05) is 17.7 Å². The first-order valence-electron chi connectivity index (χ1n) is 10.4. The summed E-state index contributed by atoms with van der Waals surface area (Å²) >= 11 is 6.28. The molecule has 0 bridgehead atoms. The van der Waals surface area contributed by atoms with Crippen molar-refractivity contribution in [3.05, 3.63) is 63.2 Å². The molecule has 0 radical (unpaired) electrons. The molecule has 0 aliphatic carbocycles. The van der Waals surface area contributed by atoms with E-state index in [1.807, 2.05) is 0 Å². The second-order valence-electron chi connectivity index (χ2n) is 8.04. The number of benzene rings is 1. The van der Waals surface area contributed by atoms with Gasteiger partial charge in [0.2, 0.25) is 0 Å². The molecule has 35 heavy (non-hydrogen) atoms. The van der Waals surface area contributed by atoms with Crippen LogP contribution in [0.2, 0.25) is 5.02 Å². The standard InChI is InChI=1S/C21H21ClF3N3O7/c22-13-2-1-10(19-18(32)17(31)16(30)14(8-29)35-19)5-11(13)7-28-20(33)27-4-3-12(6-15(27)26-28)34-9-21(23,24)25/h1-6,14,16-19,29-32H,7-9H2/t14-,16-,17+,18-,19+/m1/s1. The van der Waals surface area contributed by atoms with E-state index in [9.17, 15) is 38.4 Å². The molecular formula is C21H21ClF3N3O7. The Morgan fingerprint density at radius 2 is 1.86 bits per heavy atom. The Bertz CT molecular complexity index is 1260. The maximum atomic E-state index is 12.7. The van der Waals surface area contributed by atoms with Gasteiger partial charge in [-0.15, -0.1) is 5.10 Å². The van der Waals surface area contributed by atoms with Crippen LogP contribution in [-0.4, -0.2) is 78.4 Å². The molecule has 2 aromatic heterocycles. The van der Waals surface area contributed by atoms with Gasteiger partial charge < -0.3 is 29.9 Å². The van der Waals surface area contributed by atoms with Crippen LogP contribution in [0, 0.1) is 0 Å². The second kappa shape index (κ2) is 9.76. The molecule has 4 N–H and O–H groups in total. The Morgan fingerprint density at radius 1 is 1.11 bits per heavy atom. The molecule has 0 unspecified atom stereocenters. The highest BCUT2D eigenvalue weighted by molar-refractivity contribution is 6.31. The third-order valence-corrected chi connectivity index (χ3v) is 5.94. The summed E-state index contributed by atoms with van der Waals surface area (Å²) in [5.41, 5.74) is 0.216. The molecule has 3 aromatic rings. The maximum Gasteiger partial charge on any atom is 0.422 e. The van der Waals surface area contributed by atoms with Crippen molar-refractivity contribution in [2.75, 3.05) is 13.2 Å². The molecule has 4 rings (SSSR count). The Hall–Kier alpha value is -2.68. The normalized spacial score (nSPS) is 25.2. The quantitative estimate of drug-likeness (QED) is 0.372. The molecule has 1 fully saturated rings. The highest BCUT2D eigenvalue weighted by atomic mass is 35.5. The maximum absolute atomic E-state index is 12.7. The molecule has 3 heterocycles. The number of ether oxygens (including phenoxy) is 2. The van der Waals surface area contributed by atoms with E-state index in [2.05, 4.69) is 9.84 Å². The second-order valence-corrected chi connectivity index (χ2v) is 8.44. The number of aromatic nitrogens is 3. The van der Waals surface area contributed by atoms with Crippen LogP contribution in [0.25, 0.3) is 5.65 Å². The zero-order valence-electron chi connectivity index (χ0n) is 17.8. The Morgan fingerprint density at radius 3 is 2.54 bits per heavy atom. The monoisotopic (exact) mass is 519 g/mol. The number of rotatable bonds is 6. The van der Waals surface area contributed by atoms with Crippen molar-refractivity contribution in [2.24, 2.45) is 0 Å². The van der Waals surface area contributed by atoms with E-state index >= 15 is 0 Å². The number of hydrogen-bond donors (Lipinski definition) is 4. The molecule has 0 amide bonds. The van der Waals surface area contributed by atoms with E-state index in [-0.39, 0.29) is 23.0 Å². The summed E-state index contributed by atoms with van der Waals surface area (Å²) in [7, 11) is 0. The van der Waals surface area contributed by atoms with Crippen LogP contribution in [-0.2, 0) is 11.3 Å².